The van der Waals surface area contributed by atoms with Crippen molar-refractivity contribution in [3.05, 3.63) is 200 Å². The van der Waals surface area contributed by atoms with E-state index in [1.54, 1.807) is 0 Å². The summed E-state index contributed by atoms with van der Waals surface area (Å²) >= 11 is 1.86. The van der Waals surface area contributed by atoms with Gasteiger partial charge in [-0.2, -0.15) is 0 Å². The van der Waals surface area contributed by atoms with Crippen molar-refractivity contribution in [2.45, 2.75) is 0 Å². The Kier molecular flexibility index (Phi) is 8.36. The Morgan fingerprint density at radius 1 is 0.291 bits per heavy atom. The molecule has 0 aliphatic carbocycles. The van der Waals surface area contributed by atoms with E-state index in [1.165, 1.54) is 53.6 Å². The van der Waals surface area contributed by atoms with Crippen molar-refractivity contribution in [2.75, 3.05) is 0 Å². The Bertz CT molecular complexity index is 2940. The molecule has 0 bridgehead atoms. The van der Waals surface area contributed by atoms with Crippen LogP contribution >= 0.6 is 11.3 Å². The molecule has 55 heavy (non-hydrogen) atoms. The number of benzene rings is 8. The summed E-state index contributed by atoms with van der Waals surface area (Å²) in [5.41, 5.74) is 12.4. The van der Waals surface area contributed by atoms with Crippen molar-refractivity contribution >= 4 is 31.5 Å². The van der Waals surface area contributed by atoms with E-state index in [9.17, 15) is 0 Å². The predicted molar refractivity (Wildman–Crippen MR) is 231 cm³/mol. The molecule has 2 aromatic heterocycles. The third kappa shape index (κ3) is 6.29. The second-order valence-corrected chi connectivity index (χ2v) is 14.7. The molecule has 0 aliphatic heterocycles. The fourth-order valence-electron chi connectivity index (χ4n) is 7.42. The summed E-state index contributed by atoms with van der Waals surface area (Å²) in [6, 6.07) is 70.5. The highest BCUT2D eigenvalue weighted by Gasteiger charge is 2.18. The molecule has 258 valence electrons. The first-order valence-corrected chi connectivity index (χ1v) is 19.3. The van der Waals surface area contributed by atoms with Crippen molar-refractivity contribution in [3.63, 3.8) is 0 Å². The zero-order chi connectivity index (χ0) is 36.6. The summed E-state index contributed by atoms with van der Waals surface area (Å²) in [4.78, 5) is 15.1. The van der Waals surface area contributed by atoms with Crippen LogP contribution in [0.15, 0.2) is 200 Å². The zero-order valence-corrected chi connectivity index (χ0v) is 30.6. The molecule has 0 unspecified atom stereocenters. The smallest absolute Gasteiger partial charge is 0.164 e. The number of fused-ring (bicyclic) bond motifs is 3. The first-order chi connectivity index (χ1) is 27.2. The van der Waals surface area contributed by atoms with Gasteiger partial charge in [0, 0.05) is 36.9 Å². The van der Waals surface area contributed by atoms with Crippen LogP contribution in [0.1, 0.15) is 0 Å². The van der Waals surface area contributed by atoms with Crippen molar-refractivity contribution in [1.29, 1.82) is 0 Å². The second kappa shape index (κ2) is 14.1. The molecular weight excluding hydrogens is 687 g/mol. The van der Waals surface area contributed by atoms with Crippen LogP contribution in [0.25, 0.3) is 98.8 Å². The van der Waals surface area contributed by atoms with Gasteiger partial charge in [0.15, 0.2) is 17.5 Å². The van der Waals surface area contributed by atoms with Gasteiger partial charge >= 0.3 is 0 Å². The van der Waals surface area contributed by atoms with Gasteiger partial charge in [0.25, 0.3) is 0 Å². The van der Waals surface area contributed by atoms with E-state index < -0.39 is 0 Å². The van der Waals surface area contributed by atoms with Gasteiger partial charge in [0.2, 0.25) is 0 Å². The summed E-state index contributed by atoms with van der Waals surface area (Å²) in [7, 11) is 0. The van der Waals surface area contributed by atoms with Gasteiger partial charge in [0.05, 0.1) is 0 Å². The van der Waals surface area contributed by atoms with Gasteiger partial charge in [-0.25, -0.2) is 15.0 Å². The lowest BCUT2D eigenvalue weighted by Crippen LogP contribution is -2.00. The van der Waals surface area contributed by atoms with E-state index in [4.69, 9.17) is 15.0 Å². The Balaban J connectivity index is 1.11. The lowest BCUT2D eigenvalue weighted by atomic mass is 9.93. The Morgan fingerprint density at radius 3 is 1.38 bits per heavy atom. The maximum Gasteiger partial charge on any atom is 0.164 e. The molecule has 0 atom stereocenters. The molecule has 0 N–H and O–H groups in total. The van der Waals surface area contributed by atoms with E-state index in [-0.39, 0.29) is 0 Å². The van der Waals surface area contributed by atoms with Crippen LogP contribution in [0.2, 0.25) is 0 Å². The summed E-state index contributed by atoms with van der Waals surface area (Å²) in [6.45, 7) is 0. The number of hydrogen-bond acceptors (Lipinski definition) is 4. The number of rotatable bonds is 7. The monoisotopic (exact) mass is 719 g/mol. The van der Waals surface area contributed by atoms with Gasteiger partial charge in [0.1, 0.15) is 0 Å². The average Bonchev–Trinajstić information content (AvgIpc) is 3.66. The van der Waals surface area contributed by atoms with Gasteiger partial charge in [-0.1, -0.05) is 182 Å². The SMILES string of the molecule is c1ccc(-c2ccc(-c3nc(-c4ccccc4)nc(-c4cccc(-c5cccc6c5sc5cc(-c7ccccc7)cc(-c7ccccc7)c56)c4)n3)cc2)cc1. The summed E-state index contributed by atoms with van der Waals surface area (Å²) < 4.78 is 2.53. The molecule has 0 spiro atoms. The third-order valence-corrected chi connectivity index (χ3v) is 11.3. The number of aromatic nitrogens is 3. The minimum Gasteiger partial charge on any atom is -0.208 e. The maximum atomic E-state index is 5.10. The van der Waals surface area contributed by atoms with Gasteiger partial charge in [-0.3, -0.25) is 0 Å². The number of hydrogen-bond donors (Lipinski definition) is 0. The van der Waals surface area contributed by atoms with Gasteiger partial charge < -0.3 is 0 Å². The van der Waals surface area contributed by atoms with Crippen molar-refractivity contribution in [2.24, 2.45) is 0 Å². The summed E-state index contributed by atoms with van der Waals surface area (Å²) in [5.74, 6) is 1.93. The van der Waals surface area contributed by atoms with Crippen LogP contribution in [0.3, 0.4) is 0 Å². The minimum absolute atomic E-state index is 0.639. The standard InChI is InChI=1S/C51H33N3S/c1-5-15-34(16-6-1)36-27-29-39(30-28-36)50-52-49(38-21-11-4-12-22-38)53-51(54-50)41-24-13-23-40(31-41)43-25-14-26-44-47-45(37-19-9-3-10-20-37)32-42(33-46(47)55-48(43)44)35-17-7-2-8-18-35/h1-33H. The molecule has 0 saturated carbocycles. The first kappa shape index (κ1) is 32.6. The van der Waals surface area contributed by atoms with Crippen LogP contribution in [0, 0.1) is 0 Å². The number of thiophene rings is 1. The maximum absolute atomic E-state index is 5.10. The lowest BCUT2D eigenvalue weighted by Gasteiger charge is -2.11. The average molecular weight is 720 g/mol. The van der Waals surface area contributed by atoms with Gasteiger partial charge in [-0.05, 0) is 62.7 Å². The molecule has 0 radical (unpaired) electrons. The predicted octanol–water partition coefficient (Wildman–Crippen LogP) is 13.9. The molecule has 10 aromatic rings. The zero-order valence-electron chi connectivity index (χ0n) is 29.8. The topological polar surface area (TPSA) is 38.7 Å². The lowest BCUT2D eigenvalue weighted by molar-refractivity contribution is 1.07. The van der Waals surface area contributed by atoms with Crippen molar-refractivity contribution in [1.82, 2.24) is 15.0 Å². The van der Waals surface area contributed by atoms with Gasteiger partial charge in [-0.15, -0.1) is 11.3 Å². The second-order valence-electron chi connectivity index (χ2n) is 13.6. The first-order valence-electron chi connectivity index (χ1n) is 18.4. The fourth-order valence-corrected chi connectivity index (χ4v) is 8.72. The fraction of sp³-hybridized carbons (Fsp3) is 0. The Labute approximate surface area is 323 Å². The number of nitrogens with zero attached hydrogens (tertiary/aromatic N) is 3. The molecule has 4 heteroatoms. The van der Waals surface area contributed by atoms with Crippen LogP contribution in [-0.4, -0.2) is 15.0 Å². The molecule has 0 aliphatic rings. The van der Waals surface area contributed by atoms with Crippen LogP contribution in [-0.2, 0) is 0 Å². The highest BCUT2D eigenvalue weighted by Crippen LogP contribution is 2.46. The van der Waals surface area contributed by atoms with Crippen LogP contribution < -0.4 is 0 Å². The van der Waals surface area contributed by atoms with E-state index >= 15 is 0 Å². The molecule has 0 saturated heterocycles. The normalized spacial score (nSPS) is 11.3. The summed E-state index contributed by atoms with van der Waals surface area (Å²) in [6.07, 6.45) is 0. The van der Waals surface area contributed by atoms with E-state index in [2.05, 4.69) is 164 Å². The molecule has 10 rings (SSSR count). The quantitative estimate of drug-likeness (QED) is 0.165. The van der Waals surface area contributed by atoms with E-state index in [0.29, 0.717) is 17.5 Å². The molecular formula is C51H33N3S. The molecule has 0 fully saturated rings. The van der Waals surface area contributed by atoms with Crippen LogP contribution in [0.5, 0.6) is 0 Å². The van der Waals surface area contributed by atoms with Crippen LogP contribution in [0.4, 0.5) is 0 Å². The highest BCUT2D eigenvalue weighted by molar-refractivity contribution is 7.26. The summed E-state index contributed by atoms with van der Waals surface area (Å²) in [5, 5.41) is 2.55. The van der Waals surface area contributed by atoms with E-state index in [0.717, 1.165) is 27.8 Å². The third-order valence-electron chi connectivity index (χ3n) is 10.1. The molecule has 0 amide bonds. The minimum atomic E-state index is 0.639. The molecule has 8 aromatic carbocycles. The highest BCUT2D eigenvalue weighted by atomic mass is 32.1. The van der Waals surface area contributed by atoms with E-state index in [1.807, 2.05) is 47.7 Å². The Morgan fingerprint density at radius 2 is 0.745 bits per heavy atom. The largest absolute Gasteiger partial charge is 0.208 e. The Hall–Kier alpha value is -7.01. The van der Waals surface area contributed by atoms with Crippen molar-refractivity contribution in [3.8, 4) is 78.7 Å². The van der Waals surface area contributed by atoms with Crippen molar-refractivity contribution < 1.29 is 0 Å². The molecule has 2 heterocycles. The molecule has 3 nitrogen and oxygen atoms in total.